The Morgan fingerprint density at radius 1 is 1.57 bits per heavy atom. The molecule has 124 valence electrons. The zero-order valence-electron chi connectivity index (χ0n) is 13.2. The first kappa shape index (κ1) is 17.1. The molecular weight excluding hydrogens is 368 g/mol. The maximum Gasteiger partial charge on any atom is 0.390 e. The number of hydrogen-bond acceptors (Lipinski definition) is 5. The van der Waals surface area contributed by atoms with Crippen molar-refractivity contribution in [3.05, 3.63) is 38.2 Å². The molecule has 1 unspecified atom stereocenters. The van der Waals surface area contributed by atoms with E-state index in [1.807, 2.05) is 0 Å². The van der Waals surface area contributed by atoms with Crippen LogP contribution in [0.3, 0.4) is 0 Å². The summed E-state index contributed by atoms with van der Waals surface area (Å²) in [4.78, 5) is 24.3. The molecule has 9 nitrogen and oxygen atoms in total. The van der Waals surface area contributed by atoms with Crippen LogP contribution >= 0.6 is 15.9 Å². The molecule has 0 radical (unpaired) electrons. The number of nitro groups is 1. The van der Waals surface area contributed by atoms with Crippen LogP contribution in [0, 0.1) is 17.0 Å². The van der Waals surface area contributed by atoms with Gasteiger partial charge in [-0.25, -0.2) is 0 Å². The van der Waals surface area contributed by atoms with E-state index in [0.717, 1.165) is 10.2 Å². The van der Waals surface area contributed by atoms with Gasteiger partial charge in [0, 0.05) is 14.1 Å². The van der Waals surface area contributed by atoms with E-state index in [-0.39, 0.29) is 11.7 Å². The van der Waals surface area contributed by atoms with Crippen molar-refractivity contribution in [1.82, 2.24) is 24.5 Å². The molecule has 0 aliphatic carbocycles. The van der Waals surface area contributed by atoms with E-state index in [9.17, 15) is 14.9 Å². The summed E-state index contributed by atoms with van der Waals surface area (Å²) in [5, 5.41) is 18.8. The quantitative estimate of drug-likeness (QED) is 0.578. The first-order chi connectivity index (χ1) is 10.7. The number of likely N-dealkylation sites (N-methyl/N-ethyl adjacent to an activating group) is 1. The average Bonchev–Trinajstić information content (AvgIpc) is 3.03. The lowest BCUT2D eigenvalue weighted by Gasteiger charge is -2.21. The third kappa shape index (κ3) is 3.41. The Hall–Kier alpha value is -2.23. The fraction of sp³-hybridized carbons (Fsp3) is 0.462. The smallest absolute Gasteiger partial charge is 0.358 e. The average molecular weight is 385 g/mol. The predicted octanol–water partition coefficient (Wildman–Crippen LogP) is 1.82. The van der Waals surface area contributed by atoms with E-state index < -0.39 is 11.0 Å². The van der Waals surface area contributed by atoms with Crippen molar-refractivity contribution < 1.29 is 9.72 Å². The van der Waals surface area contributed by atoms with E-state index in [2.05, 4.69) is 26.1 Å². The normalized spacial score (nSPS) is 12.2. The van der Waals surface area contributed by atoms with Gasteiger partial charge in [0.2, 0.25) is 5.91 Å². The predicted molar refractivity (Wildman–Crippen MR) is 85.7 cm³/mol. The maximum atomic E-state index is 12.6. The van der Waals surface area contributed by atoms with Crippen molar-refractivity contribution in [3.63, 3.8) is 0 Å². The number of halogens is 1. The van der Waals surface area contributed by atoms with Crippen LogP contribution in [-0.2, 0) is 18.4 Å². The summed E-state index contributed by atoms with van der Waals surface area (Å²) in [6.45, 7) is 3.71. The minimum Gasteiger partial charge on any atom is -0.358 e. The molecule has 23 heavy (non-hydrogen) atoms. The zero-order chi connectivity index (χ0) is 17.3. The van der Waals surface area contributed by atoms with Crippen molar-refractivity contribution in [2.75, 3.05) is 7.05 Å². The molecule has 0 saturated carbocycles. The van der Waals surface area contributed by atoms with Crippen molar-refractivity contribution in [2.24, 2.45) is 7.05 Å². The number of aromatic nitrogens is 4. The van der Waals surface area contributed by atoms with Crippen molar-refractivity contribution in [1.29, 1.82) is 0 Å². The molecule has 1 amide bonds. The van der Waals surface area contributed by atoms with Crippen molar-refractivity contribution >= 4 is 27.7 Å². The largest absolute Gasteiger partial charge is 0.390 e. The third-order valence-electron chi connectivity index (χ3n) is 3.59. The molecule has 10 heteroatoms. The van der Waals surface area contributed by atoms with Gasteiger partial charge >= 0.3 is 5.82 Å². The van der Waals surface area contributed by atoms with Gasteiger partial charge in [0.15, 0.2) is 0 Å². The summed E-state index contributed by atoms with van der Waals surface area (Å²) >= 11 is 3.39. The van der Waals surface area contributed by atoms with Crippen LogP contribution in [0.15, 0.2) is 16.7 Å². The SMILES string of the molecule is Cc1cc([N+](=O)[O-])nn1C(C)C(=O)N(C)Cc1c(Br)cnn1C. The number of carbonyl (C=O) groups excluding carboxylic acids is 1. The number of carbonyl (C=O) groups is 1. The van der Waals surface area contributed by atoms with Crippen molar-refractivity contribution in [2.45, 2.75) is 26.4 Å². The zero-order valence-corrected chi connectivity index (χ0v) is 14.8. The molecular formula is C13H17BrN6O3. The number of rotatable bonds is 5. The summed E-state index contributed by atoms with van der Waals surface area (Å²) < 4.78 is 3.87. The van der Waals surface area contributed by atoms with E-state index in [4.69, 9.17) is 0 Å². The summed E-state index contributed by atoms with van der Waals surface area (Å²) in [6.07, 6.45) is 1.66. The fourth-order valence-corrected chi connectivity index (χ4v) is 2.77. The Bertz CT molecular complexity index is 733. The van der Waals surface area contributed by atoms with Gasteiger partial charge < -0.3 is 15.0 Å². The second kappa shape index (κ2) is 6.49. The summed E-state index contributed by atoms with van der Waals surface area (Å²) in [7, 11) is 3.47. The van der Waals surface area contributed by atoms with E-state index in [0.29, 0.717) is 12.2 Å². The van der Waals surface area contributed by atoms with Crippen molar-refractivity contribution in [3.8, 4) is 0 Å². The van der Waals surface area contributed by atoms with Gasteiger partial charge in [-0.15, -0.1) is 0 Å². The van der Waals surface area contributed by atoms with Gasteiger partial charge in [-0.05, 0) is 34.7 Å². The highest BCUT2D eigenvalue weighted by Crippen LogP contribution is 2.20. The van der Waals surface area contributed by atoms with Gasteiger partial charge in [-0.2, -0.15) is 9.78 Å². The summed E-state index contributed by atoms with van der Waals surface area (Å²) in [5.74, 6) is -0.460. The molecule has 2 heterocycles. The molecule has 0 aliphatic rings. The number of amides is 1. The van der Waals surface area contributed by atoms with E-state index in [1.165, 1.54) is 10.7 Å². The second-order valence-corrected chi connectivity index (χ2v) is 6.13. The maximum absolute atomic E-state index is 12.6. The Kier molecular flexibility index (Phi) is 4.83. The molecule has 0 saturated heterocycles. The molecule has 0 spiro atoms. The minimum atomic E-state index is -0.638. The van der Waals surface area contributed by atoms with Gasteiger partial charge in [0.1, 0.15) is 6.04 Å². The van der Waals surface area contributed by atoms with Gasteiger partial charge in [-0.3, -0.25) is 9.48 Å². The van der Waals surface area contributed by atoms with Crippen LogP contribution < -0.4 is 0 Å². The molecule has 2 aromatic rings. The highest BCUT2D eigenvalue weighted by atomic mass is 79.9. The number of hydrogen-bond donors (Lipinski definition) is 0. The monoisotopic (exact) mass is 384 g/mol. The van der Waals surface area contributed by atoms with Crippen LogP contribution in [0.4, 0.5) is 5.82 Å². The van der Waals surface area contributed by atoms with Crippen LogP contribution in [0.1, 0.15) is 24.4 Å². The summed E-state index contributed by atoms with van der Waals surface area (Å²) in [6, 6.07) is 0.710. The topological polar surface area (TPSA) is 99.1 Å². The lowest BCUT2D eigenvalue weighted by atomic mass is 10.2. The Balaban J connectivity index is 2.17. The molecule has 0 bridgehead atoms. The van der Waals surface area contributed by atoms with Crippen LogP contribution in [-0.4, -0.2) is 42.3 Å². The molecule has 0 fully saturated rings. The lowest BCUT2D eigenvalue weighted by molar-refractivity contribution is -0.389. The Labute approximate surface area is 141 Å². The third-order valence-corrected chi connectivity index (χ3v) is 4.26. The highest BCUT2D eigenvalue weighted by molar-refractivity contribution is 9.10. The first-order valence-corrected chi connectivity index (χ1v) is 7.63. The van der Waals surface area contributed by atoms with Crippen LogP contribution in [0.25, 0.3) is 0 Å². The van der Waals surface area contributed by atoms with Crippen LogP contribution in [0.5, 0.6) is 0 Å². The Morgan fingerprint density at radius 3 is 2.70 bits per heavy atom. The van der Waals surface area contributed by atoms with Gasteiger partial charge in [0.25, 0.3) is 0 Å². The second-order valence-electron chi connectivity index (χ2n) is 5.28. The molecule has 2 aromatic heterocycles. The van der Waals surface area contributed by atoms with Crippen LogP contribution in [0.2, 0.25) is 0 Å². The van der Waals surface area contributed by atoms with Gasteiger partial charge in [-0.1, -0.05) is 0 Å². The summed E-state index contributed by atoms with van der Waals surface area (Å²) in [5.41, 5.74) is 1.42. The molecule has 2 rings (SSSR count). The highest BCUT2D eigenvalue weighted by Gasteiger charge is 2.27. The molecule has 1 atom stereocenters. The fourth-order valence-electron chi connectivity index (χ4n) is 2.29. The molecule has 0 aliphatic heterocycles. The number of nitrogens with zero attached hydrogens (tertiary/aromatic N) is 6. The molecule has 0 aromatic carbocycles. The Morgan fingerprint density at radius 2 is 2.22 bits per heavy atom. The minimum absolute atomic E-state index is 0.195. The number of aryl methyl sites for hydroxylation is 2. The molecule has 0 N–H and O–H groups in total. The lowest BCUT2D eigenvalue weighted by Crippen LogP contribution is -2.34. The van der Waals surface area contributed by atoms with E-state index in [1.54, 1.807) is 43.7 Å². The first-order valence-electron chi connectivity index (χ1n) is 6.84. The van der Waals surface area contributed by atoms with E-state index >= 15 is 0 Å². The van der Waals surface area contributed by atoms with Gasteiger partial charge in [0.05, 0.1) is 39.8 Å². The standard InChI is InChI=1S/C13H17BrN6O3/c1-8-5-12(20(22)23)16-19(8)9(2)13(21)17(3)7-11-10(14)6-15-18(11)4/h5-6,9H,7H2,1-4H3.